The molecule has 1 aromatic rings. The lowest BCUT2D eigenvalue weighted by Gasteiger charge is -2.17. The van der Waals surface area contributed by atoms with Crippen molar-refractivity contribution in [2.75, 3.05) is 32.5 Å². The van der Waals surface area contributed by atoms with Crippen LogP contribution in [0.2, 0.25) is 0 Å². The highest BCUT2D eigenvalue weighted by Crippen LogP contribution is 2.15. The molecule has 0 atom stereocenters. The number of hydrogen-bond donors (Lipinski definition) is 1. The van der Waals surface area contributed by atoms with Gasteiger partial charge in [0.2, 0.25) is 0 Å². The van der Waals surface area contributed by atoms with Crippen molar-refractivity contribution in [3.8, 4) is 0 Å². The van der Waals surface area contributed by atoms with Gasteiger partial charge in [0.15, 0.2) is 0 Å². The van der Waals surface area contributed by atoms with Crippen LogP contribution in [0.25, 0.3) is 0 Å². The van der Waals surface area contributed by atoms with Crippen molar-refractivity contribution >= 4 is 5.69 Å². The predicted octanol–water partition coefficient (Wildman–Crippen LogP) is 2.67. The molecular formula is C13H19F3N2O. The summed E-state index contributed by atoms with van der Waals surface area (Å²) in [5, 5.41) is 0. The Balaban J connectivity index is 2.18. The monoisotopic (exact) mass is 276 g/mol. The maximum atomic E-state index is 11.8. The molecule has 0 unspecified atom stereocenters. The first-order valence-electron chi connectivity index (χ1n) is 6.05. The number of nitrogens with zero attached hydrogens (tertiary/aromatic N) is 1. The zero-order valence-electron chi connectivity index (χ0n) is 10.9. The van der Waals surface area contributed by atoms with Gasteiger partial charge in [0, 0.05) is 25.4 Å². The Hall–Kier alpha value is -1.27. The van der Waals surface area contributed by atoms with Crippen LogP contribution >= 0.6 is 0 Å². The molecular weight excluding hydrogens is 257 g/mol. The SMILES string of the molecule is CN(CCCOCC(F)(F)F)Cc1ccccc1N. The van der Waals surface area contributed by atoms with Crippen LogP contribution in [0.15, 0.2) is 24.3 Å². The highest BCUT2D eigenvalue weighted by Gasteiger charge is 2.27. The zero-order valence-corrected chi connectivity index (χ0v) is 10.9. The van der Waals surface area contributed by atoms with Crippen molar-refractivity contribution < 1.29 is 17.9 Å². The van der Waals surface area contributed by atoms with E-state index < -0.39 is 12.8 Å². The van der Waals surface area contributed by atoms with Crippen LogP contribution in [0.3, 0.4) is 0 Å². The van der Waals surface area contributed by atoms with Crippen molar-refractivity contribution in [1.29, 1.82) is 0 Å². The first kappa shape index (κ1) is 15.8. The van der Waals surface area contributed by atoms with Gasteiger partial charge in [-0.3, -0.25) is 0 Å². The van der Waals surface area contributed by atoms with Crippen molar-refractivity contribution in [3.05, 3.63) is 29.8 Å². The molecule has 2 N–H and O–H groups in total. The summed E-state index contributed by atoms with van der Waals surface area (Å²) in [5.74, 6) is 0. The van der Waals surface area contributed by atoms with Crippen molar-refractivity contribution in [1.82, 2.24) is 4.90 Å². The maximum Gasteiger partial charge on any atom is 0.411 e. The second-order valence-corrected chi connectivity index (χ2v) is 4.46. The minimum Gasteiger partial charge on any atom is -0.398 e. The van der Waals surface area contributed by atoms with E-state index >= 15 is 0 Å². The molecule has 0 saturated carbocycles. The maximum absolute atomic E-state index is 11.8. The molecule has 0 radical (unpaired) electrons. The Labute approximate surface area is 111 Å². The highest BCUT2D eigenvalue weighted by molar-refractivity contribution is 5.46. The Bertz CT molecular complexity index is 382. The average Bonchev–Trinajstić information content (AvgIpc) is 2.30. The molecule has 19 heavy (non-hydrogen) atoms. The Morgan fingerprint density at radius 1 is 1.26 bits per heavy atom. The molecule has 0 amide bonds. The van der Waals surface area contributed by atoms with E-state index in [4.69, 9.17) is 5.73 Å². The van der Waals surface area contributed by atoms with Gasteiger partial charge in [-0.05, 0) is 25.1 Å². The van der Waals surface area contributed by atoms with Crippen LogP contribution < -0.4 is 5.73 Å². The Morgan fingerprint density at radius 3 is 2.58 bits per heavy atom. The topological polar surface area (TPSA) is 38.5 Å². The molecule has 0 heterocycles. The van der Waals surface area contributed by atoms with Gasteiger partial charge < -0.3 is 15.4 Å². The summed E-state index contributed by atoms with van der Waals surface area (Å²) in [7, 11) is 1.90. The van der Waals surface area contributed by atoms with Gasteiger partial charge in [-0.1, -0.05) is 18.2 Å². The van der Waals surface area contributed by atoms with E-state index in [1.165, 1.54) is 0 Å². The summed E-state index contributed by atoms with van der Waals surface area (Å²) in [6, 6.07) is 7.54. The molecule has 0 aliphatic heterocycles. The fourth-order valence-corrected chi connectivity index (χ4v) is 1.67. The number of ether oxygens (including phenoxy) is 1. The number of nitrogens with two attached hydrogens (primary N) is 1. The largest absolute Gasteiger partial charge is 0.411 e. The van der Waals surface area contributed by atoms with E-state index in [1.54, 1.807) is 0 Å². The third kappa shape index (κ3) is 7.03. The molecule has 0 aromatic heterocycles. The summed E-state index contributed by atoms with van der Waals surface area (Å²) in [5.41, 5.74) is 7.56. The number of nitrogen functional groups attached to an aromatic ring is 1. The number of anilines is 1. The number of rotatable bonds is 7. The molecule has 1 aromatic carbocycles. The smallest absolute Gasteiger partial charge is 0.398 e. The van der Waals surface area contributed by atoms with Crippen molar-refractivity contribution in [2.45, 2.75) is 19.1 Å². The van der Waals surface area contributed by atoms with E-state index in [2.05, 4.69) is 4.74 Å². The lowest BCUT2D eigenvalue weighted by molar-refractivity contribution is -0.174. The summed E-state index contributed by atoms with van der Waals surface area (Å²) >= 11 is 0. The zero-order chi connectivity index (χ0) is 14.3. The third-order valence-electron chi connectivity index (χ3n) is 2.59. The molecule has 0 bridgehead atoms. The van der Waals surface area contributed by atoms with E-state index in [-0.39, 0.29) is 6.61 Å². The third-order valence-corrected chi connectivity index (χ3v) is 2.59. The van der Waals surface area contributed by atoms with E-state index in [0.29, 0.717) is 19.5 Å². The summed E-state index contributed by atoms with van der Waals surface area (Å²) in [6.07, 6.45) is -3.69. The van der Waals surface area contributed by atoms with Crippen LogP contribution in [0.1, 0.15) is 12.0 Å². The first-order valence-corrected chi connectivity index (χ1v) is 6.05. The quantitative estimate of drug-likeness (QED) is 0.614. The van der Waals surface area contributed by atoms with Gasteiger partial charge in [-0.2, -0.15) is 13.2 Å². The molecule has 0 fully saturated rings. The van der Waals surface area contributed by atoms with Crippen molar-refractivity contribution in [3.63, 3.8) is 0 Å². The van der Waals surface area contributed by atoms with Gasteiger partial charge >= 0.3 is 6.18 Å². The van der Waals surface area contributed by atoms with Gasteiger partial charge in [0.25, 0.3) is 0 Å². The number of para-hydroxylation sites is 1. The van der Waals surface area contributed by atoms with Gasteiger partial charge in [-0.25, -0.2) is 0 Å². The normalized spacial score (nSPS) is 12.1. The van der Waals surface area contributed by atoms with Gasteiger partial charge in [-0.15, -0.1) is 0 Å². The molecule has 108 valence electrons. The van der Waals surface area contributed by atoms with Gasteiger partial charge in [0.05, 0.1) is 0 Å². The minimum absolute atomic E-state index is 0.105. The van der Waals surface area contributed by atoms with Crippen molar-refractivity contribution in [2.24, 2.45) is 0 Å². The number of hydrogen-bond acceptors (Lipinski definition) is 3. The molecule has 0 spiro atoms. The van der Waals surface area contributed by atoms with Crippen LogP contribution in [-0.2, 0) is 11.3 Å². The van der Waals surface area contributed by atoms with E-state index in [9.17, 15) is 13.2 Å². The standard InChI is InChI=1S/C13H19F3N2O/c1-18(7-4-8-19-10-13(14,15)16)9-11-5-2-3-6-12(11)17/h2-3,5-6H,4,7-10,17H2,1H3. The fourth-order valence-electron chi connectivity index (χ4n) is 1.67. The highest BCUT2D eigenvalue weighted by atomic mass is 19.4. The lowest BCUT2D eigenvalue weighted by atomic mass is 10.1. The number of alkyl halides is 3. The summed E-state index contributed by atoms with van der Waals surface area (Å²) in [6.45, 7) is 0.259. The summed E-state index contributed by atoms with van der Waals surface area (Å²) in [4.78, 5) is 2.00. The molecule has 0 aliphatic carbocycles. The van der Waals surface area contributed by atoms with Crippen LogP contribution in [-0.4, -0.2) is 37.9 Å². The molecule has 3 nitrogen and oxygen atoms in total. The number of halogens is 3. The summed E-state index contributed by atoms with van der Waals surface area (Å²) < 4.78 is 40.0. The van der Waals surface area contributed by atoms with Crippen LogP contribution in [0.4, 0.5) is 18.9 Å². The van der Waals surface area contributed by atoms with Gasteiger partial charge in [0.1, 0.15) is 6.61 Å². The van der Waals surface area contributed by atoms with E-state index in [1.807, 2.05) is 36.2 Å². The number of benzene rings is 1. The first-order chi connectivity index (χ1) is 8.88. The molecule has 0 saturated heterocycles. The Morgan fingerprint density at radius 2 is 1.95 bits per heavy atom. The lowest BCUT2D eigenvalue weighted by Crippen LogP contribution is -2.22. The second kappa shape index (κ2) is 7.35. The Kier molecular flexibility index (Phi) is 6.11. The average molecular weight is 276 g/mol. The van der Waals surface area contributed by atoms with Crippen LogP contribution in [0.5, 0.6) is 0 Å². The molecule has 0 aliphatic rings. The van der Waals surface area contributed by atoms with Crippen LogP contribution in [0, 0.1) is 0 Å². The molecule has 1 rings (SSSR count). The predicted molar refractivity (Wildman–Crippen MR) is 68.7 cm³/mol. The minimum atomic E-state index is -4.25. The molecule has 6 heteroatoms. The fraction of sp³-hybridized carbons (Fsp3) is 0.538. The second-order valence-electron chi connectivity index (χ2n) is 4.46. The van der Waals surface area contributed by atoms with E-state index in [0.717, 1.165) is 11.3 Å².